The Bertz CT molecular complexity index is 384. The number of aryl methyl sites for hydroxylation is 1. The molecule has 0 radical (unpaired) electrons. The maximum atomic E-state index is 9.71. The number of phenolic OH excluding ortho intramolecular Hbond substituents is 1. The van der Waals surface area contributed by atoms with Crippen molar-refractivity contribution in [3.63, 3.8) is 0 Å². The van der Waals surface area contributed by atoms with Crippen molar-refractivity contribution >= 4 is 0 Å². The topological polar surface area (TPSA) is 32.3 Å². The SMILES string of the molecule is Cc1ccc(O)c(CNC2CC=CCC2)c1. The Hall–Kier alpha value is -1.28. The first-order chi connectivity index (χ1) is 7.75. The third-order valence-electron chi connectivity index (χ3n) is 3.09. The molecule has 2 nitrogen and oxygen atoms in total. The molecule has 0 saturated heterocycles. The van der Waals surface area contributed by atoms with Gasteiger partial charge in [0, 0.05) is 18.2 Å². The van der Waals surface area contributed by atoms with E-state index in [1.165, 1.54) is 12.0 Å². The van der Waals surface area contributed by atoms with Crippen LogP contribution in [0.2, 0.25) is 0 Å². The van der Waals surface area contributed by atoms with Gasteiger partial charge in [-0.25, -0.2) is 0 Å². The molecule has 2 rings (SSSR count). The van der Waals surface area contributed by atoms with Crippen LogP contribution in [0.25, 0.3) is 0 Å². The van der Waals surface area contributed by atoms with Crippen LogP contribution in [-0.4, -0.2) is 11.1 Å². The highest BCUT2D eigenvalue weighted by Gasteiger charge is 2.09. The molecular weight excluding hydrogens is 198 g/mol. The van der Waals surface area contributed by atoms with Crippen LogP contribution in [0.15, 0.2) is 30.4 Å². The molecule has 0 saturated carbocycles. The average molecular weight is 217 g/mol. The number of hydrogen-bond donors (Lipinski definition) is 2. The molecule has 2 N–H and O–H groups in total. The highest BCUT2D eigenvalue weighted by molar-refractivity contribution is 5.35. The van der Waals surface area contributed by atoms with Crippen LogP contribution in [0, 0.1) is 6.92 Å². The zero-order chi connectivity index (χ0) is 11.4. The summed E-state index contributed by atoms with van der Waals surface area (Å²) in [5.41, 5.74) is 2.19. The zero-order valence-corrected chi connectivity index (χ0v) is 9.74. The summed E-state index contributed by atoms with van der Waals surface area (Å²) >= 11 is 0. The van der Waals surface area contributed by atoms with Crippen molar-refractivity contribution < 1.29 is 5.11 Å². The Morgan fingerprint density at radius 3 is 3.00 bits per heavy atom. The molecule has 0 aromatic heterocycles. The van der Waals surface area contributed by atoms with Crippen molar-refractivity contribution in [3.05, 3.63) is 41.5 Å². The third-order valence-corrected chi connectivity index (χ3v) is 3.09. The van der Waals surface area contributed by atoms with E-state index in [0.717, 1.165) is 24.9 Å². The van der Waals surface area contributed by atoms with Crippen molar-refractivity contribution in [2.75, 3.05) is 0 Å². The summed E-state index contributed by atoms with van der Waals surface area (Å²) in [5, 5.41) is 13.2. The Labute approximate surface area is 97.0 Å². The minimum atomic E-state index is 0.393. The van der Waals surface area contributed by atoms with Gasteiger partial charge in [-0.05, 0) is 32.3 Å². The highest BCUT2D eigenvalue weighted by Crippen LogP contribution is 2.19. The van der Waals surface area contributed by atoms with Crippen LogP contribution in [0.3, 0.4) is 0 Å². The summed E-state index contributed by atoms with van der Waals surface area (Å²) in [5.74, 6) is 0.393. The summed E-state index contributed by atoms with van der Waals surface area (Å²) in [4.78, 5) is 0. The second-order valence-corrected chi connectivity index (χ2v) is 4.49. The van der Waals surface area contributed by atoms with Crippen molar-refractivity contribution in [1.29, 1.82) is 0 Å². The monoisotopic (exact) mass is 217 g/mol. The number of nitrogens with one attached hydrogen (secondary N) is 1. The van der Waals surface area contributed by atoms with E-state index in [0.29, 0.717) is 11.8 Å². The molecule has 1 unspecified atom stereocenters. The van der Waals surface area contributed by atoms with Gasteiger partial charge in [-0.2, -0.15) is 0 Å². The van der Waals surface area contributed by atoms with Gasteiger partial charge >= 0.3 is 0 Å². The predicted molar refractivity (Wildman–Crippen MR) is 66.5 cm³/mol. The molecule has 1 atom stereocenters. The second kappa shape index (κ2) is 5.17. The molecule has 2 heteroatoms. The molecule has 1 aromatic carbocycles. The van der Waals surface area contributed by atoms with Crippen LogP contribution in [0.4, 0.5) is 0 Å². The van der Waals surface area contributed by atoms with Crippen LogP contribution >= 0.6 is 0 Å². The number of rotatable bonds is 3. The first-order valence-electron chi connectivity index (χ1n) is 5.92. The van der Waals surface area contributed by atoms with Gasteiger partial charge in [-0.15, -0.1) is 0 Å². The molecule has 16 heavy (non-hydrogen) atoms. The van der Waals surface area contributed by atoms with E-state index in [4.69, 9.17) is 0 Å². The summed E-state index contributed by atoms with van der Waals surface area (Å²) < 4.78 is 0. The normalized spacial score (nSPS) is 19.9. The Kier molecular flexibility index (Phi) is 3.62. The molecule has 86 valence electrons. The number of aromatic hydroxyl groups is 1. The maximum absolute atomic E-state index is 9.71. The molecule has 0 bridgehead atoms. The summed E-state index contributed by atoms with van der Waals surface area (Å²) in [6, 6.07) is 6.31. The molecule has 1 aliphatic carbocycles. The van der Waals surface area contributed by atoms with Crippen molar-refractivity contribution in [1.82, 2.24) is 5.32 Å². The Morgan fingerprint density at radius 1 is 1.38 bits per heavy atom. The van der Waals surface area contributed by atoms with Gasteiger partial charge in [0.25, 0.3) is 0 Å². The standard InChI is InChI=1S/C14H19NO/c1-11-7-8-14(16)12(9-11)10-15-13-5-3-2-4-6-13/h2-3,7-9,13,15-16H,4-6,10H2,1H3. The van der Waals surface area contributed by atoms with E-state index < -0.39 is 0 Å². The van der Waals surface area contributed by atoms with Gasteiger partial charge in [0.2, 0.25) is 0 Å². The lowest BCUT2D eigenvalue weighted by Gasteiger charge is -2.19. The number of benzene rings is 1. The van der Waals surface area contributed by atoms with Gasteiger partial charge in [0.05, 0.1) is 0 Å². The van der Waals surface area contributed by atoms with Crippen LogP contribution in [-0.2, 0) is 6.54 Å². The van der Waals surface area contributed by atoms with Crippen LogP contribution < -0.4 is 5.32 Å². The number of phenols is 1. The van der Waals surface area contributed by atoms with Crippen LogP contribution in [0.5, 0.6) is 5.75 Å². The minimum Gasteiger partial charge on any atom is -0.508 e. The lowest BCUT2D eigenvalue weighted by Crippen LogP contribution is -2.29. The van der Waals surface area contributed by atoms with Crippen molar-refractivity contribution in [2.24, 2.45) is 0 Å². The van der Waals surface area contributed by atoms with Gasteiger partial charge in [-0.1, -0.05) is 29.8 Å². The van der Waals surface area contributed by atoms with E-state index in [9.17, 15) is 5.11 Å². The highest BCUT2D eigenvalue weighted by atomic mass is 16.3. The molecule has 1 aromatic rings. The lowest BCUT2D eigenvalue weighted by molar-refractivity contribution is 0.444. The first kappa shape index (κ1) is 11.2. The van der Waals surface area contributed by atoms with E-state index in [-0.39, 0.29) is 0 Å². The Morgan fingerprint density at radius 2 is 2.25 bits per heavy atom. The molecule has 0 heterocycles. The van der Waals surface area contributed by atoms with Gasteiger partial charge in [-0.3, -0.25) is 0 Å². The van der Waals surface area contributed by atoms with E-state index in [2.05, 4.69) is 17.5 Å². The lowest BCUT2D eigenvalue weighted by atomic mass is 10.0. The predicted octanol–water partition coefficient (Wildman–Crippen LogP) is 2.90. The smallest absolute Gasteiger partial charge is 0.120 e. The van der Waals surface area contributed by atoms with Gasteiger partial charge in [0.1, 0.15) is 5.75 Å². The van der Waals surface area contributed by atoms with E-state index in [1.54, 1.807) is 6.07 Å². The minimum absolute atomic E-state index is 0.393. The largest absolute Gasteiger partial charge is 0.508 e. The number of allylic oxidation sites excluding steroid dienone is 1. The molecule has 1 aliphatic rings. The maximum Gasteiger partial charge on any atom is 0.120 e. The molecule has 0 spiro atoms. The fraction of sp³-hybridized carbons (Fsp3) is 0.429. The summed E-state index contributed by atoms with van der Waals surface area (Å²) in [6.07, 6.45) is 7.94. The van der Waals surface area contributed by atoms with Gasteiger partial charge in [0.15, 0.2) is 0 Å². The zero-order valence-electron chi connectivity index (χ0n) is 9.74. The molecule has 0 fully saturated rings. The molecular formula is C14H19NO. The van der Waals surface area contributed by atoms with Gasteiger partial charge < -0.3 is 10.4 Å². The second-order valence-electron chi connectivity index (χ2n) is 4.49. The fourth-order valence-corrected chi connectivity index (χ4v) is 2.09. The fourth-order valence-electron chi connectivity index (χ4n) is 2.09. The summed E-state index contributed by atoms with van der Waals surface area (Å²) in [7, 11) is 0. The number of hydrogen-bond acceptors (Lipinski definition) is 2. The van der Waals surface area contributed by atoms with Crippen molar-refractivity contribution in [2.45, 2.75) is 38.8 Å². The van der Waals surface area contributed by atoms with E-state index >= 15 is 0 Å². The van der Waals surface area contributed by atoms with Crippen molar-refractivity contribution in [3.8, 4) is 5.75 Å². The first-order valence-corrected chi connectivity index (χ1v) is 5.92. The summed E-state index contributed by atoms with van der Waals surface area (Å²) in [6.45, 7) is 2.80. The third kappa shape index (κ3) is 2.86. The molecule has 0 amide bonds. The van der Waals surface area contributed by atoms with E-state index in [1.807, 2.05) is 19.1 Å². The average Bonchev–Trinajstić information content (AvgIpc) is 2.32. The van der Waals surface area contributed by atoms with Crippen LogP contribution in [0.1, 0.15) is 30.4 Å². The molecule has 0 aliphatic heterocycles. The quantitative estimate of drug-likeness (QED) is 0.763. The Balaban J connectivity index is 1.93.